The number of aliphatic imine (C=N–C) groups is 1. The van der Waals surface area contributed by atoms with Crippen LogP contribution in [0.25, 0.3) is 0 Å². The summed E-state index contributed by atoms with van der Waals surface area (Å²) in [7, 11) is 2.15. The van der Waals surface area contributed by atoms with Crippen molar-refractivity contribution in [1.82, 2.24) is 14.7 Å². The molecule has 6 heteroatoms. The second-order valence-corrected chi connectivity index (χ2v) is 6.61. The summed E-state index contributed by atoms with van der Waals surface area (Å²) in [5.41, 5.74) is 1.09. The average Bonchev–Trinajstić information content (AvgIpc) is 2.50. The third-order valence-electron chi connectivity index (χ3n) is 4.04. The van der Waals surface area contributed by atoms with Crippen LogP contribution in [0.1, 0.15) is 5.56 Å². The molecule has 22 heavy (non-hydrogen) atoms. The van der Waals surface area contributed by atoms with Gasteiger partial charge in [0, 0.05) is 38.9 Å². The first-order valence-electron chi connectivity index (χ1n) is 7.47. The third kappa shape index (κ3) is 3.87. The third-order valence-corrected chi connectivity index (χ3v) is 4.42. The maximum Gasteiger partial charge on any atom is 0.125 e. The topological polar surface area (TPSA) is 22.1 Å². The lowest BCUT2D eigenvalue weighted by Crippen LogP contribution is -2.50. The van der Waals surface area contributed by atoms with Gasteiger partial charge in [-0.2, -0.15) is 0 Å². The van der Waals surface area contributed by atoms with E-state index < -0.39 is 0 Å². The van der Waals surface area contributed by atoms with E-state index in [4.69, 9.17) is 0 Å². The van der Waals surface area contributed by atoms with Crippen molar-refractivity contribution in [3.05, 3.63) is 46.5 Å². The fourth-order valence-corrected chi connectivity index (χ4v) is 3.22. The predicted octanol–water partition coefficient (Wildman–Crippen LogP) is 2.48. The first kappa shape index (κ1) is 15.5. The molecule has 1 saturated heterocycles. The molecule has 0 spiro atoms. The molecule has 0 radical (unpaired) electrons. The highest BCUT2D eigenvalue weighted by atomic mass is 79.9. The van der Waals surface area contributed by atoms with Crippen LogP contribution >= 0.6 is 15.9 Å². The van der Waals surface area contributed by atoms with E-state index >= 15 is 0 Å². The summed E-state index contributed by atoms with van der Waals surface area (Å²) in [6, 6.07) is 6.68. The Morgan fingerprint density at radius 3 is 2.50 bits per heavy atom. The van der Waals surface area contributed by atoms with Crippen molar-refractivity contribution in [3.63, 3.8) is 0 Å². The van der Waals surface area contributed by atoms with Crippen LogP contribution in [0.4, 0.5) is 4.39 Å². The molecule has 2 aliphatic heterocycles. The van der Waals surface area contributed by atoms with E-state index in [0.717, 1.165) is 55.3 Å². The lowest BCUT2D eigenvalue weighted by atomic mass is 10.2. The Morgan fingerprint density at radius 2 is 1.82 bits per heavy atom. The highest BCUT2D eigenvalue weighted by molar-refractivity contribution is 9.11. The molecule has 4 nitrogen and oxygen atoms in total. The second kappa shape index (κ2) is 6.79. The Balaban J connectivity index is 1.66. The molecule has 0 saturated carbocycles. The van der Waals surface area contributed by atoms with Crippen molar-refractivity contribution >= 4 is 21.8 Å². The molecular weight excluding hydrogens is 347 g/mol. The van der Waals surface area contributed by atoms with Crippen LogP contribution in [0, 0.1) is 5.82 Å². The van der Waals surface area contributed by atoms with E-state index in [1.807, 2.05) is 18.3 Å². The number of nitrogens with zero attached hydrogens (tertiary/aromatic N) is 4. The minimum Gasteiger partial charge on any atom is -0.363 e. The van der Waals surface area contributed by atoms with Crippen LogP contribution in [0.15, 0.2) is 40.1 Å². The number of amidine groups is 1. The summed E-state index contributed by atoms with van der Waals surface area (Å²) in [4.78, 5) is 11.5. The SMILES string of the molecule is CN1CCN(C2=NC(Br)=CN(Cc3ccc(F)cc3)C2)CC1. The fourth-order valence-electron chi connectivity index (χ4n) is 2.73. The van der Waals surface area contributed by atoms with Crippen molar-refractivity contribution in [2.45, 2.75) is 6.54 Å². The number of piperazine rings is 1. The smallest absolute Gasteiger partial charge is 0.125 e. The Morgan fingerprint density at radius 1 is 1.14 bits per heavy atom. The van der Waals surface area contributed by atoms with Crippen LogP contribution < -0.4 is 0 Å². The van der Waals surface area contributed by atoms with Crippen molar-refractivity contribution in [2.75, 3.05) is 39.8 Å². The molecule has 2 heterocycles. The Bertz CT molecular complexity index is 576. The molecule has 1 aromatic carbocycles. The Kier molecular flexibility index (Phi) is 4.78. The van der Waals surface area contributed by atoms with Crippen LogP contribution in [0.3, 0.4) is 0 Å². The first-order valence-corrected chi connectivity index (χ1v) is 8.26. The van der Waals surface area contributed by atoms with E-state index in [-0.39, 0.29) is 5.82 Å². The van der Waals surface area contributed by atoms with Gasteiger partial charge in [0.25, 0.3) is 0 Å². The van der Waals surface area contributed by atoms with E-state index in [9.17, 15) is 4.39 Å². The lowest BCUT2D eigenvalue weighted by Gasteiger charge is -2.37. The molecule has 0 unspecified atom stereocenters. The van der Waals surface area contributed by atoms with Crippen LogP contribution in [-0.2, 0) is 6.54 Å². The highest BCUT2D eigenvalue weighted by Gasteiger charge is 2.21. The fraction of sp³-hybridized carbons (Fsp3) is 0.438. The molecule has 0 atom stereocenters. The van der Waals surface area contributed by atoms with E-state index in [1.165, 1.54) is 12.1 Å². The predicted molar refractivity (Wildman–Crippen MR) is 90.3 cm³/mol. The Hall–Kier alpha value is -1.40. The number of hydrogen-bond acceptors (Lipinski definition) is 4. The van der Waals surface area contributed by atoms with E-state index in [0.29, 0.717) is 0 Å². The second-order valence-electron chi connectivity index (χ2n) is 5.80. The molecule has 1 aromatic rings. The highest BCUT2D eigenvalue weighted by Crippen LogP contribution is 2.19. The number of benzene rings is 1. The van der Waals surface area contributed by atoms with Gasteiger partial charge < -0.3 is 14.7 Å². The van der Waals surface area contributed by atoms with Crippen molar-refractivity contribution < 1.29 is 4.39 Å². The maximum atomic E-state index is 13.0. The molecule has 3 rings (SSSR count). The van der Waals surface area contributed by atoms with Gasteiger partial charge in [0.15, 0.2) is 0 Å². The van der Waals surface area contributed by atoms with Gasteiger partial charge in [-0.25, -0.2) is 9.38 Å². The van der Waals surface area contributed by atoms with Gasteiger partial charge in [-0.15, -0.1) is 0 Å². The zero-order chi connectivity index (χ0) is 15.5. The Labute approximate surface area is 139 Å². The monoisotopic (exact) mass is 366 g/mol. The molecule has 2 aliphatic rings. The number of rotatable bonds is 2. The standard InChI is InChI=1S/C16H20BrFN4/c1-20-6-8-22(9-7-20)16-12-21(11-15(17)19-16)10-13-2-4-14(18)5-3-13/h2-5,11H,6-10,12H2,1H3. The maximum absolute atomic E-state index is 13.0. The lowest BCUT2D eigenvalue weighted by molar-refractivity contribution is 0.209. The summed E-state index contributed by atoms with van der Waals surface area (Å²) in [6.07, 6.45) is 2.00. The summed E-state index contributed by atoms with van der Waals surface area (Å²) in [5, 5.41) is 0. The quantitative estimate of drug-likeness (QED) is 0.750. The summed E-state index contributed by atoms with van der Waals surface area (Å²) in [6.45, 7) is 5.70. The van der Waals surface area contributed by atoms with Crippen molar-refractivity contribution in [2.24, 2.45) is 4.99 Å². The van der Waals surface area contributed by atoms with Gasteiger partial charge in [0.1, 0.15) is 16.3 Å². The molecule has 1 fully saturated rings. The summed E-state index contributed by atoms with van der Waals surface area (Å²) >= 11 is 3.51. The van der Waals surface area contributed by atoms with Gasteiger partial charge in [-0.3, -0.25) is 0 Å². The minimum atomic E-state index is -0.196. The zero-order valence-corrected chi connectivity index (χ0v) is 14.3. The van der Waals surface area contributed by atoms with Gasteiger partial charge in [0.05, 0.1) is 6.54 Å². The summed E-state index contributed by atoms with van der Waals surface area (Å²) in [5.74, 6) is 0.906. The molecule has 0 amide bonds. The van der Waals surface area contributed by atoms with E-state index in [2.05, 4.69) is 42.7 Å². The van der Waals surface area contributed by atoms with Crippen molar-refractivity contribution in [1.29, 1.82) is 0 Å². The number of likely N-dealkylation sites (N-methyl/N-ethyl adjacent to an activating group) is 1. The van der Waals surface area contributed by atoms with E-state index in [1.54, 1.807) is 0 Å². The van der Waals surface area contributed by atoms with Gasteiger partial charge in [-0.05, 0) is 40.7 Å². The van der Waals surface area contributed by atoms with Gasteiger partial charge >= 0.3 is 0 Å². The number of halogens is 2. The van der Waals surface area contributed by atoms with Crippen LogP contribution in [0.2, 0.25) is 0 Å². The molecule has 118 valence electrons. The molecule has 0 aromatic heterocycles. The van der Waals surface area contributed by atoms with Crippen LogP contribution in [-0.4, -0.2) is 60.3 Å². The average molecular weight is 367 g/mol. The first-order chi connectivity index (χ1) is 10.6. The zero-order valence-electron chi connectivity index (χ0n) is 12.7. The molecule has 0 bridgehead atoms. The molecular formula is C16H20BrFN4. The van der Waals surface area contributed by atoms with Gasteiger partial charge in [0.2, 0.25) is 0 Å². The summed E-state index contributed by atoms with van der Waals surface area (Å²) < 4.78 is 13.8. The number of hydrogen-bond donors (Lipinski definition) is 0. The van der Waals surface area contributed by atoms with Crippen LogP contribution in [0.5, 0.6) is 0 Å². The largest absolute Gasteiger partial charge is 0.363 e. The minimum absolute atomic E-state index is 0.196. The van der Waals surface area contributed by atoms with Crippen molar-refractivity contribution in [3.8, 4) is 0 Å². The van der Waals surface area contributed by atoms with Gasteiger partial charge in [-0.1, -0.05) is 12.1 Å². The normalized spacial score (nSPS) is 20.0. The molecule has 0 aliphatic carbocycles. The molecule has 0 N–H and O–H groups in total.